The summed E-state index contributed by atoms with van der Waals surface area (Å²) in [6.45, 7) is 11.6. The third kappa shape index (κ3) is 8.58. The maximum Gasteiger partial charge on any atom is 0.410 e. The van der Waals surface area contributed by atoms with Crippen LogP contribution in [0.15, 0.2) is 10.6 Å². The van der Waals surface area contributed by atoms with Crippen LogP contribution in [0, 0.1) is 11.3 Å². The van der Waals surface area contributed by atoms with Crippen LogP contribution in [0.2, 0.25) is 0 Å². The first-order chi connectivity index (χ1) is 15.4. The molecular formula is C23H38N4O6. The molecule has 0 aromatic carbocycles. The van der Waals surface area contributed by atoms with Gasteiger partial charge in [-0.3, -0.25) is 4.79 Å². The van der Waals surface area contributed by atoms with Crippen LogP contribution in [-0.4, -0.2) is 60.4 Å². The van der Waals surface area contributed by atoms with E-state index in [4.69, 9.17) is 14.0 Å². The van der Waals surface area contributed by atoms with E-state index in [9.17, 15) is 14.4 Å². The predicted molar refractivity (Wildman–Crippen MR) is 122 cm³/mol. The van der Waals surface area contributed by atoms with Gasteiger partial charge >= 0.3 is 12.2 Å². The zero-order chi connectivity index (χ0) is 24.6. The molecule has 1 aliphatic rings. The summed E-state index contributed by atoms with van der Waals surface area (Å²) >= 11 is 0. The van der Waals surface area contributed by atoms with Crippen molar-refractivity contribution in [2.45, 2.75) is 72.5 Å². The van der Waals surface area contributed by atoms with Gasteiger partial charge in [-0.2, -0.15) is 0 Å². The first kappa shape index (κ1) is 26.5. The summed E-state index contributed by atoms with van der Waals surface area (Å²) in [5.74, 6) is 0.420. The van der Waals surface area contributed by atoms with Crippen molar-refractivity contribution in [3.05, 3.63) is 17.5 Å². The molecule has 0 unspecified atom stereocenters. The van der Waals surface area contributed by atoms with Gasteiger partial charge in [-0.05, 0) is 57.8 Å². The Morgan fingerprint density at radius 3 is 2.48 bits per heavy atom. The fourth-order valence-electron chi connectivity index (χ4n) is 4.15. The summed E-state index contributed by atoms with van der Waals surface area (Å²) in [7, 11) is 1.49. The number of carbonyl (C=O) groups excluding carboxylic acids is 3. The second-order valence-corrected chi connectivity index (χ2v) is 10.1. The number of hydrogen-bond acceptors (Lipinski definition) is 7. The van der Waals surface area contributed by atoms with Gasteiger partial charge in [0.05, 0.1) is 0 Å². The molecule has 10 heteroatoms. The molecule has 0 aliphatic carbocycles. The number of likely N-dealkylation sites (tertiary alicyclic amines) is 1. The van der Waals surface area contributed by atoms with Gasteiger partial charge in [0, 0.05) is 32.7 Å². The van der Waals surface area contributed by atoms with Crippen molar-refractivity contribution in [2.75, 3.05) is 26.7 Å². The van der Waals surface area contributed by atoms with E-state index < -0.39 is 11.7 Å². The van der Waals surface area contributed by atoms with Crippen molar-refractivity contribution < 1.29 is 28.4 Å². The molecular weight excluding hydrogens is 428 g/mol. The normalized spacial score (nSPS) is 15.8. The van der Waals surface area contributed by atoms with Gasteiger partial charge in [0.25, 0.3) is 5.91 Å². The van der Waals surface area contributed by atoms with Gasteiger partial charge in [-0.25, -0.2) is 9.59 Å². The number of hydrogen-bond donors (Lipinski definition) is 2. The molecule has 0 spiro atoms. The van der Waals surface area contributed by atoms with Crippen LogP contribution >= 0.6 is 0 Å². The van der Waals surface area contributed by atoms with E-state index in [1.807, 2.05) is 20.8 Å². The van der Waals surface area contributed by atoms with Crippen LogP contribution in [0.25, 0.3) is 0 Å². The maximum absolute atomic E-state index is 12.4. The molecule has 33 heavy (non-hydrogen) atoms. The van der Waals surface area contributed by atoms with Crippen molar-refractivity contribution in [1.82, 2.24) is 20.7 Å². The molecule has 186 valence electrons. The SMILES string of the molecule is CNC(=O)c1cc(COC(=O)NCCC2(CC(C)C)CCN(C(=O)OC(C)(C)C)CC2)on1. The number of rotatable bonds is 8. The molecule has 0 saturated carbocycles. The number of amides is 3. The molecule has 0 radical (unpaired) electrons. The first-order valence-electron chi connectivity index (χ1n) is 11.5. The zero-order valence-corrected chi connectivity index (χ0v) is 20.7. The van der Waals surface area contributed by atoms with Gasteiger partial charge in [-0.15, -0.1) is 0 Å². The molecule has 2 heterocycles. The van der Waals surface area contributed by atoms with Crippen molar-refractivity contribution in [3.8, 4) is 0 Å². The van der Waals surface area contributed by atoms with E-state index in [-0.39, 0.29) is 35.5 Å². The van der Waals surface area contributed by atoms with Crippen LogP contribution in [-0.2, 0) is 16.1 Å². The van der Waals surface area contributed by atoms with E-state index in [0.717, 1.165) is 25.7 Å². The van der Waals surface area contributed by atoms with Crippen molar-refractivity contribution in [3.63, 3.8) is 0 Å². The Labute approximate surface area is 195 Å². The van der Waals surface area contributed by atoms with Gasteiger partial charge in [-0.1, -0.05) is 19.0 Å². The summed E-state index contributed by atoms with van der Waals surface area (Å²) in [6, 6.07) is 1.43. The Kier molecular flexibility index (Phi) is 9.13. The fraction of sp³-hybridized carbons (Fsp3) is 0.739. The smallest absolute Gasteiger partial charge is 0.410 e. The number of nitrogens with zero attached hydrogens (tertiary/aromatic N) is 2. The lowest BCUT2D eigenvalue weighted by atomic mass is 9.70. The average molecular weight is 467 g/mol. The highest BCUT2D eigenvalue weighted by atomic mass is 16.6. The average Bonchev–Trinajstić information content (AvgIpc) is 3.19. The molecule has 3 amide bonds. The van der Waals surface area contributed by atoms with Crippen molar-refractivity contribution in [2.24, 2.45) is 11.3 Å². The molecule has 2 rings (SSSR count). The minimum absolute atomic E-state index is 0.0489. The highest BCUT2D eigenvalue weighted by molar-refractivity contribution is 5.91. The Balaban J connectivity index is 1.81. The molecule has 2 N–H and O–H groups in total. The number of ether oxygens (including phenoxy) is 2. The van der Waals surface area contributed by atoms with E-state index in [2.05, 4.69) is 29.6 Å². The Morgan fingerprint density at radius 1 is 1.24 bits per heavy atom. The standard InChI is InChI=1S/C23H38N4O6/c1-16(2)14-23(8-11-27(12-9-23)21(30)32-22(3,4)5)7-10-25-20(29)31-15-17-13-18(26-33-17)19(28)24-6/h13,16H,7-12,14-15H2,1-6H3,(H,24,28)(H,25,29). The monoisotopic (exact) mass is 466 g/mol. The molecule has 0 atom stereocenters. The third-order valence-electron chi connectivity index (χ3n) is 5.61. The fourth-order valence-corrected chi connectivity index (χ4v) is 4.15. The Morgan fingerprint density at radius 2 is 1.91 bits per heavy atom. The first-order valence-corrected chi connectivity index (χ1v) is 11.5. The highest BCUT2D eigenvalue weighted by Gasteiger charge is 2.37. The third-order valence-corrected chi connectivity index (χ3v) is 5.61. The number of carbonyl (C=O) groups is 3. The van der Waals surface area contributed by atoms with E-state index in [1.165, 1.54) is 13.1 Å². The Bertz CT molecular complexity index is 806. The summed E-state index contributed by atoms with van der Waals surface area (Å²) in [4.78, 5) is 37.8. The maximum atomic E-state index is 12.4. The minimum atomic E-state index is -0.557. The van der Waals surface area contributed by atoms with Gasteiger partial charge in [0.2, 0.25) is 0 Å². The largest absolute Gasteiger partial charge is 0.444 e. The van der Waals surface area contributed by atoms with Crippen LogP contribution in [0.4, 0.5) is 9.59 Å². The van der Waals surface area contributed by atoms with E-state index >= 15 is 0 Å². The zero-order valence-electron chi connectivity index (χ0n) is 20.7. The molecule has 10 nitrogen and oxygen atoms in total. The topological polar surface area (TPSA) is 123 Å². The summed E-state index contributed by atoms with van der Waals surface area (Å²) in [5.41, 5.74) is -0.332. The van der Waals surface area contributed by atoms with E-state index in [1.54, 1.807) is 4.90 Å². The molecule has 1 aliphatic heterocycles. The predicted octanol–water partition coefficient (Wildman–Crippen LogP) is 3.71. The molecule has 1 fully saturated rings. The molecule has 1 aromatic heterocycles. The lowest BCUT2D eigenvalue weighted by molar-refractivity contribution is 0.00597. The van der Waals surface area contributed by atoms with Crippen LogP contribution in [0.3, 0.4) is 0 Å². The quantitative estimate of drug-likeness (QED) is 0.598. The molecule has 0 bridgehead atoms. The second kappa shape index (κ2) is 11.4. The van der Waals surface area contributed by atoms with Crippen LogP contribution < -0.4 is 10.6 Å². The lowest BCUT2D eigenvalue weighted by Crippen LogP contribution is -2.46. The van der Waals surface area contributed by atoms with Gasteiger partial charge in [0.15, 0.2) is 18.1 Å². The number of alkyl carbamates (subject to hydrolysis) is 1. The van der Waals surface area contributed by atoms with E-state index in [0.29, 0.717) is 25.6 Å². The van der Waals surface area contributed by atoms with Crippen molar-refractivity contribution in [1.29, 1.82) is 0 Å². The number of piperidine rings is 1. The summed E-state index contributed by atoms with van der Waals surface area (Å²) in [6.07, 6.45) is 2.72. The van der Waals surface area contributed by atoms with Crippen LogP contribution in [0.5, 0.6) is 0 Å². The second-order valence-electron chi connectivity index (χ2n) is 10.1. The number of aromatic nitrogens is 1. The van der Waals surface area contributed by atoms with Crippen LogP contribution in [0.1, 0.15) is 76.6 Å². The number of nitrogens with one attached hydrogen (secondary N) is 2. The summed E-state index contributed by atoms with van der Waals surface area (Å²) < 4.78 is 15.7. The van der Waals surface area contributed by atoms with Gasteiger partial charge < -0.3 is 29.5 Å². The van der Waals surface area contributed by atoms with Gasteiger partial charge in [0.1, 0.15) is 5.60 Å². The highest BCUT2D eigenvalue weighted by Crippen LogP contribution is 2.40. The molecule has 1 aromatic rings. The molecule has 1 saturated heterocycles. The summed E-state index contributed by atoms with van der Waals surface area (Å²) in [5, 5.41) is 8.87. The lowest BCUT2D eigenvalue weighted by Gasteiger charge is -2.43. The minimum Gasteiger partial charge on any atom is -0.444 e. The Hall–Kier alpha value is -2.78. The van der Waals surface area contributed by atoms with Crippen molar-refractivity contribution >= 4 is 18.1 Å².